The molecule has 0 aliphatic carbocycles. The molecule has 0 bridgehead atoms. The Labute approximate surface area is 162 Å². The molecule has 0 aliphatic heterocycles. The van der Waals surface area contributed by atoms with E-state index in [4.69, 9.17) is 0 Å². The highest BCUT2D eigenvalue weighted by molar-refractivity contribution is 8.00. The molecule has 27 heavy (non-hydrogen) atoms. The lowest BCUT2D eigenvalue weighted by Gasteiger charge is -2.14. The molecule has 1 amide bonds. The molecule has 1 heterocycles. The summed E-state index contributed by atoms with van der Waals surface area (Å²) in [6.45, 7) is 5.35. The normalized spacial score (nSPS) is 11.8. The van der Waals surface area contributed by atoms with Crippen molar-refractivity contribution >= 4 is 29.1 Å². The molecule has 0 radical (unpaired) electrons. The topological polar surface area (TPSA) is 64.0 Å². The monoisotopic (exact) mass is 379 g/mol. The van der Waals surface area contributed by atoms with E-state index in [0.717, 1.165) is 16.4 Å². The van der Waals surface area contributed by atoms with Crippen LogP contribution in [0.5, 0.6) is 0 Å². The maximum absolute atomic E-state index is 12.6. The number of hydrogen-bond donors (Lipinski definition) is 1. The van der Waals surface area contributed by atoms with E-state index >= 15 is 0 Å². The van der Waals surface area contributed by atoms with E-state index in [0.29, 0.717) is 11.3 Å². The second-order valence-corrected chi connectivity index (χ2v) is 7.58. The second-order valence-electron chi connectivity index (χ2n) is 6.27. The Balaban J connectivity index is 1.75. The number of imidazole rings is 1. The summed E-state index contributed by atoms with van der Waals surface area (Å²) in [6.07, 6.45) is 3.60. The van der Waals surface area contributed by atoms with Gasteiger partial charge < -0.3 is 5.32 Å². The maximum atomic E-state index is 12.6. The number of carbonyl (C=O) groups is 2. The quantitative estimate of drug-likeness (QED) is 0.506. The fourth-order valence-electron chi connectivity index (χ4n) is 2.70. The van der Waals surface area contributed by atoms with Crippen LogP contribution in [0.3, 0.4) is 0 Å². The molecular formula is C21H21N3O2S. The third-order valence-electron chi connectivity index (χ3n) is 4.10. The van der Waals surface area contributed by atoms with Crippen molar-refractivity contribution in [1.29, 1.82) is 0 Å². The number of anilines is 1. The van der Waals surface area contributed by atoms with Gasteiger partial charge in [0, 0.05) is 23.6 Å². The van der Waals surface area contributed by atoms with Crippen LogP contribution in [0, 0.1) is 6.92 Å². The zero-order chi connectivity index (χ0) is 19.4. The van der Waals surface area contributed by atoms with Gasteiger partial charge in [-0.25, -0.2) is 4.98 Å². The molecule has 3 rings (SSSR count). The fourth-order valence-corrected chi connectivity index (χ4v) is 3.58. The standard InChI is InChI=1S/C21H21N3O2S/c1-14-7-6-8-17(13-14)24-12-11-22-21(24)27-16(3)20(26)23-19-10-5-4-9-18(19)15(2)25/h4-13,16H,1-3H3,(H,23,26). The van der Waals surface area contributed by atoms with E-state index in [-0.39, 0.29) is 16.9 Å². The Kier molecular flexibility index (Phi) is 5.76. The molecule has 2 aromatic carbocycles. The lowest BCUT2D eigenvalue weighted by Crippen LogP contribution is -2.23. The third-order valence-corrected chi connectivity index (χ3v) is 5.18. The molecule has 1 atom stereocenters. The van der Waals surface area contributed by atoms with Crippen LogP contribution in [0.25, 0.3) is 5.69 Å². The molecule has 0 fully saturated rings. The van der Waals surface area contributed by atoms with E-state index in [9.17, 15) is 9.59 Å². The Morgan fingerprint density at radius 1 is 1.15 bits per heavy atom. The fraction of sp³-hybridized carbons (Fsp3) is 0.190. The first-order valence-corrected chi connectivity index (χ1v) is 9.51. The Hall–Kier alpha value is -2.86. The van der Waals surface area contributed by atoms with Crippen molar-refractivity contribution in [3.05, 3.63) is 72.1 Å². The van der Waals surface area contributed by atoms with E-state index in [2.05, 4.69) is 16.4 Å². The van der Waals surface area contributed by atoms with Crippen molar-refractivity contribution in [3.8, 4) is 5.69 Å². The summed E-state index contributed by atoms with van der Waals surface area (Å²) < 4.78 is 1.96. The van der Waals surface area contributed by atoms with E-state index in [1.165, 1.54) is 18.7 Å². The van der Waals surface area contributed by atoms with Crippen LogP contribution in [0.2, 0.25) is 0 Å². The smallest absolute Gasteiger partial charge is 0.237 e. The average Bonchev–Trinajstić information content (AvgIpc) is 3.10. The van der Waals surface area contributed by atoms with Gasteiger partial charge >= 0.3 is 0 Å². The number of rotatable bonds is 6. The van der Waals surface area contributed by atoms with Crippen molar-refractivity contribution in [1.82, 2.24) is 9.55 Å². The predicted molar refractivity (Wildman–Crippen MR) is 109 cm³/mol. The van der Waals surface area contributed by atoms with E-state index < -0.39 is 0 Å². The first kappa shape index (κ1) is 18.9. The summed E-state index contributed by atoms with van der Waals surface area (Å²) in [5.41, 5.74) is 3.20. The first-order valence-electron chi connectivity index (χ1n) is 8.63. The summed E-state index contributed by atoms with van der Waals surface area (Å²) in [5, 5.41) is 3.22. The molecule has 0 saturated carbocycles. The van der Waals surface area contributed by atoms with Gasteiger partial charge in [-0.1, -0.05) is 36.0 Å². The third kappa shape index (κ3) is 4.46. The molecule has 3 aromatic rings. The highest BCUT2D eigenvalue weighted by atomic mass is 32.2. The number of benzene rings is 2. The van der Waals surface area contributed by atoms with Gasteiger partial charge in [0.05, 0.1) is 10.9 Å². The zero-order valence-electron chi connectivity index (χ0n) is 15.5. The molecule has 0 aliphatic rings. The molecule has 0 spiro atoms. The van der Waals surface area contributed by atoms with E-state index in [1.807, 2.05) is 42.8 Å². The summed E-state index contributed by atoms with van der Waals surface area (Å²) in [7, 11) is 0. The number of nitrogens with zero attached hydrogens (tertiary/aromatic N) is 2. The minimum absolute atomic E-state index is 0.0822. The van der Waals surface area contributed by atoms with Crippen molar-refractivity contribution in [2.45, 2.75) is 31.2 Å². The highest BCUT2D eigenvalue weighted by Gasteiger charge is 2.19. The number of amides is 1. The lowest BCUT2D eigenvalue weighted by atomic mass is 10.1. The zero-order valence-corrected chi connectivity index (χ0v) is 16.3. The summed E-state index contributed by atoms with van der Waals surface area (Å²) in [5.74, 6) is -0.256. The van der Waals surface area contributed by atoms with Gasteiger partial charge in [-0.05, 0) is 50.6 Å². The van der Waals surface area contributed by atoms with Crippen molar-refractivity contribution in [2.24, 2.45) is 0 Å². The molecule has 1 N–H and O–H groups in total. The number of thioether (sulfide) groups is 1. The van der Waals surface area contributed by atoms with Gasteiger partial charge in [-0.2, -0.15) is 0 Å². The predicted octanol–water partition coefficient (Wildman–Crippen LogP) is 4.50. The molecule has 1 unspecified atom stereocenters. The van der Waals surface area contributed by atoms with Gasteiger partial charge in [0.2, 0.25) is 5.91 Å². The van der Waals surface area contributed by atoms with Crippen LogP contribution in [-0.4, -0.2) is 26.5 Å². The van der Waals surface area contributed by atoms with E-state index in [1.54, 1.807) is 30.5 Å². The minimum atomic E-state index is -0.379. The number of Topliss-reactive ketones (excluding diaryl/α,β-unsaturated/α-hetero) is 1. The van der Waals surface area contributed by atoms with Crippen molar-refractivity contribution in [3.63, 3.8) is 0 Å². The van der Waals surface area contributed by atoms with Gasteiger partial charge in [0.1, 0.15) is 0 Å². The molecule has 138 valence electrons. The van der Waals surface area contributed by atoms with Crippen LogP contribution < -0.4 is 5.32 Å². The molecule has 6 heteroatoms. The Morgan fingerprint density at radius 2 is 1.93 bits per heavy atom. The number of nitrogens with one attached hydrogen (secondary N) is 1. The van der Waals surface area contributed by atoms with Gasteiger partial charge in [0.15, 0.2) is 10.9 Å². The highest BCUT2D eigenvalue weighted by Crippen LogP contribution is 2.26. The van der Waals surface area contributed by atoms with Crippen LogP contribution in [0.1, 0.15) is 29.8 Å². The maximum Gasteiger partial charge on any atom is 0.237 e. The Bertz CT molecular complexity index is 981. The van der Waals surface area contributed by atoms with Gasteiger partial charge in [0.25, 0.3) is 0 Å². The number of hydrogen-bond acceptors (Lipinski definition) is 4. The van der Waals surface area contributed by atoms with Gasteiger partial charge in [-0.15, -0.1) is 0 Å². The summed E-state index contributed by atoms with van der Waals surface area (Å²) in [6, 6.07) is 15.1. The molecule has 0 saturated heterocycles. The number of aromatic nitrogens is 2. The molecular weight excluding hydrogens is 358 g/mol. The van der Waals surface area contributed by atoms with Crippen LogP contribution in [0.4, 0.5) is 5.69 Å². The number of ketones is 1. The number of para-hydroxylation sites is 1. The SMILES string of the molecule is CC(=O)c1ccccc1NC(=O)C(C)Sc1nccn1-c1cccc(C)c1. The van der Waals surface area contributed by atoms with Crippen molar-refractivity contribution in [2.75, 3.05) is 5.32 Å². The van der Waals surface area contributed by atoms with Gasteiger partial charge in [-0.3, -0.25) is 14.2 Å². The van der Waals surface area contributed by atoms with Crippen LogP contribution >= 0.6 is 11.8 Å². The number of aryl methyl sites for hydroxylation is 1. The summed E-state index contributed by atoms with van der Waals surface area (Å²) >= 11 is 1.37. The molecule has 1 aromatic heterocycles. The Morgan fingerprint density at radius 3 is 2.67 bits per heavy atom. The van der Waals surface area contributed by atoms with Crippen molar-refractivity contribution < 1.29 is 9.59 Å². The summed E-state index contributed by atoms with van der Waals surface area (Å²) in [4.78, 5) is 28.8. The lowest BCUT2D eigenvalue weighted by molar-refractivity contribution is -0.115. The largest absolute Gasteiger partial charge is 0.324 e. The van der Waals surface area contributed by atoms with Crippen LogP contribution in [-0.2, 0) is 4.79 Å². The second kappa shape index (κ2) is 8.22. The average molecular weight is 379 g/mol. The van der Waals surface area contributed by atoms with Crippen LogP contribution in [0.15, 0.2) is 66.1 Å². The first-order chi connectivity index (χ1) is 13.0. The number of carbonyl (C=O) groups excluding carboxylic acids is 2. The minimum Gasteiger partial charge on any atom is -0.324 e. The molecule has 5 nitrogen and oxygen atoms in total.